The second-order valence-electron chi connectivity index (χ2n) is 7.19. The van der Waals surface area contributed by atoms with E-state index in [4.69, 9.17) is 5.73 Å². The molecule has 2 unspecified atom stereocenters. The first kappa shape index (κ1) is 17.0. The Kier molecular flexibility index (Phi) is 6.01. The van der Waals surface area contributed by atoms with Gasteiger partial charge in [-0.25, -0.2) is 0 Å². The highest BCUT2D eigenvalue weighted by atomic mass is 16.2. The third-order valence-electron chi connectivity index (χ3n) is 4.58. The minimum atomic E-state index is 0.172. The van der Waals surface area contributed by atoms with Crippen molar-refractivity contribution in [2.45, 2.75) is 52.5 Å². The Hall–Kier alpha value is -1.35. The fourth-order valence-electron chi connectivity index (χ4n) is 3.22. The molecule has 1 aliphatic heterocycles. The van der Waals surface area contributed by atoms with Gasteiger partial charge in [-0.05, 0) is 49.1 Å². The average Bonchev–Trinajstić information content (AvgIpc) is 2.49. The Morgan fingerprint density at radius 3 is 2.45 bits per heavy atom. The molecule has 0 radical (unpaired) electrons. The zero-order chi connectivity index (χ0) is 16.1. The maximum atomic E-state index is 12.5. The van der Waals surface area contributed by atoms with Crippen molar-refractivity contribution in [3.8, 4) is 0 Å². The molecule has 22 heavy (non-hydrogen) atoms. The van der Waals surface area contributed by atoms with E-state index in [1.54, 1.807) is 0 Å². The van der Waals surface area contributed by atoms with Gasteiger partial charge in [-0.3, -0.25) is 4.79 Å². The van der Waals surface area contributed by atoms with Crippen LogP contribution in [-0.2, 0) is 17.6 Å². The highest BCUT2D eigenvalue weighted by Crippen LogP contribution is 2.20. The van der Waals surface area contributed by atoms with Crippen LogP contribution in [-0.4, -0.2) is 29.9 Å². The van der Waals surface area contributed by atoms with Crippen LogP contribution >= 0.6 is 0 Å². The highest BCUT2D eigenvalue weighted by molar-refractivity contribution is 5.78. The molecule has 0 aromatic heterocycles. The Labute approximate surface area is 134 Å². The molecule has 2 rings (SSSR count). The van der Waals surface area contributed by atoms with E-state index < -0.39 is 0 Å². The third-order valence-corrected chi connectivity index (χ3v) is 4.58. The van der Waals surface area contributed by atoms with Crippen molar-refractivity contribution >= 4 is 5.91 Å². The lowest BCUT2D eigenvalue weighted by Gasteiger charge is -2.34. The maximum Gasteiger partial charge on any atom is 0.226 e. The van der Waals surface area contributed by atoms with Gasteiger partial charge in [0.25, 0.3) is 0 Å². The summed E-state index contributed by atoms with van der Waals surface area (Å²) >= 11 is 0. The van der Waals surface area contributed by atoms with Gasteiger partial charge in [-0.2, -0.15) is 0 Å². The lowest BCUT2D eigenvalue weighted by atomic mass is 9.92. The summed E-state index contributed by atoms with van der Waals surface area (Å²) in [6.07, 6.45) is 3.82. The number of carbonyl (C=O) groups excluding carboxylic acids is 1. The number of hydrogen-bond donors (Lipinski definition) is 1. The predicted octanol–water partition coefficient (Wildman–Crippen LogP) is 3.01. The molecular formula is C19H30N2O. The summed E-state index contributed by atoms with van der Waals surface area (Å²) in [4.78, 5) is 14.5. The molecule has 1 aromatic carbocycles. The number of hydrogen-bond acceptors (Lipinski definition) is 2. The Balaban J connectivity index is 1.91. The van der Waals surface area contributed by atoms with Crippen molar-refractivity contribution < 1.29 is 4.79 Å². The van der Waals surface area contributed by atoms with E-state index in [1.807, 2.05) is 11.8 Å². The molecule has 1 aromatic rings. The highest BCUT2D eigenvalue weighted by Gasteiger charge is 2.25. The fraction of sp³-hybridized carbons (Fsp3) is 0.632. The van der Waals surface area contributed by atoms with E-state index in [9.17, 15) is 4.79 Å². The van der Waals surface area contributed by atoms with Crippen molar-refractivity contribution in [1.29, 1.82) is 0 Å². The van der Waals surface area contributed by atoms with E-state index in [0.29, 0.717) is 18.3 Å². The number of piperidine rings is 1. The molecule has 2 atom stereocenters. The van der Waals surface area contributed by atoms with Crippen molar-refractivity contribution in [3.05, 3.63) is 35.4 Å². The summed E-state index contributed by atoms with van der Waals surface area (Å²) in [5.41, 5.74) is 8.46. The van der Waals surface area contributed by atoms with Crippen LogP contribution in [0.4, 0.5) is 0 Å². The standard InChI is InChI=1S/C19H30N2O/c1-14(2)11-16-6-8-17(9-7-16)12-19(22)21-10-4-5-18(13-21)15(3)20/h6-9,14-15,18H,4-5,10-13,20H2,1-3H3. The summed E-state index contributed by atoms with van der Waals surface area (Å²) in [6.45, 7) is 8.20. The first-order valence-electron chi connectivity index (χ1n) is 8.57. The van der Waals surface area contributed by atoms with Gasteiger partial charge in [0.1, 0.15) is 0 Å². The molecular weight excluding hydrogens is 272 g/mol. The molecule has 1 fully saturated rings. The van der Waals surface area contributed by atoms with Crippen molar-refractivity contribution in [1.82, 2.24) is 4.90 Å². The number of carbonyl (C=O) groups is 1. The monoisotopic (exact) mass is 302 g/mol. The quantitative estimate of drug-likeness (QED) is 0.909. The molecule has 0 bridgehead atoms. The van der Waals surface area contributed by atoms with Crippen LogP contribution in [0.15, 0.2) is 24.3 Å². The number of likely N-dealkylation sites (tertiary alicyclic amines) is 1. The van der Waals surface area contributed by atoms with E-state index in [-0.39, 0.29) is 11.9 Å². The van der Waals surface area contributed by atoms with Crippen molar-refractivity contribution in [2.75, 3.05) is 13.1 Å². The van der Waals surface area contributed by atoms with Crippen LogP contribution in [0.25, 0.3) is 0 Å². The van der Waals surface area contributed by atoms with Gasteiger partial charge >= 0.3 is 0 Å². The van der Waals surface area contributed by atoms with Gasteiger partial charge in [0, 0.05) is 19.1 Å². The first-order valence-corrected chi connectivity index (χ1v) is 8.57. The van der Waals surface area contributed by atoms with Gasteiger partial charge < -0.3 is 10.6 Å². The minimum absolute atomic E-state index is 0.172. The summed E-state index contributed by atoms with van der Waals surface area (Å²) in [5, 5.41) is 0. The molecule has 0 spiro atoms. The molecule has 122 valence electrons. The van der Waals surface area contributed by atoms with Crippen molar-refractivity contribution in [2.24, 2.45) is 17.6 Å². The fourth-order valence-corrected chi connectivity index (χ4v) is 3.22. The van der Waals surface area contributed by atoms with Gasteiger partial charge in [0.15, 0.2) is 0 Å². The summed E-state index contributed by atoms with van der Waals surface area (Å²) in [6, 6.07) is 8.68. The Bertz CT molecular complexity index is 479. The maximum absolute atomic E-state index is 12.5. The average molecular weight is 302 g/mol. The zero-order valence-electron chi connectivity index (χ0n) is 14.2. The lowest BCUT2D eigenvalue weighted by Crippen LogP contribution is -2.45. The molecule has 0 saturated carbocycles. The normalized spacial score (nSPS) is 20.2. The van der Waals surface area contributed by atoms with Crippen molar-refractivity contribution in [3.63, 3.8) is 0 Å². The zero-order valence-corrected chi connectivity index (χ0v) is 14.2. The van der Waals surface area contributed by atoms with E-state index in [0.717, 1.165) is 37.9 Å². The lowest BCUT2D eigenvalue weighted by molar-refractivity contribution is -0.132. The molecule has 1 heterocycles. The Morgan fingerprint density at radius 2 is 1.86 bits per heavy atom. The molecule has 0 aliphatic carbocycles. The predicted molar refractivity (Wildman–Crippen MR) is 91.6 cm³/mol. The number of nitrogens with zero attached hydrogens (tertiary/aromatic N) is 1. The third kappa shape index (κ3) is 4.84. The van der Waals surface area contributed by atoms with E-state index in [2.05, 4.69) is 38.1 Å². The minimum Gasteiger partial charge on any atom is -0.342 e. The summed E-state index contributed by atoms with van der Waals surface area (Å²) < 4.78 is 0. The van der Waals surface area contributed by atoms with Gasteiger partial charge in [0.2, 0.25) is 5.91 Å². The molecule has 3 heteroatoms. The Morgan fingerprint density at radius 1 is 1.23 bits per heavy atom. The number of benzene rings is 1. The number of rotatable bonds is 5. The molecule has 1 saturated heterocycles. The van der Waals surface area contributed by atoms with Crippen LogP contribution in [0.2, 0.25) is 0 Å². The van der Waals surface area contributed by atoms with Crippen LogP contribution in [0, 0.1) is 11.8 Å². The molecule has 2 N–H and O–H groups in total. The van der Waals surface area contributed by atoms with Gasteiger partial charge in [0.05, 0.1) is 6.42 Å². The first-order chi connectivity index (χ1) is 10.5. The van der Waals surface area contributed by atoms with Crippen LogP contribution in [0.1, 0.15) is 44.7 Å². The van der Waals surface area contributed by atoms with E-state index in [1.165, 1.54) is 5.56 Å². The van der Waals surface area contributed by atoms with Gasteiger partial charge in [-0.15, -0.1) is 0 Å². The summed E-state index contributed by atoms with van der Waals surface area (Å²) in [7, 11) is 0. The SMILES string of the molecule is CC(C)Cc1ccc(CC(=O)N2CCCC(C(C)N)C2)cc1. The van der Waals surface area contributed by atoms with Crippen LogP contribution < -0.4 is 5.73 Å². The largest absolute Gasteiger partial charge is 0.342 e. The second-order valence-corrected chi connectivity index (χ2v) is 7.19. The summed E-state index contributed by atoms with van der Waals surface area (Å²) in [5.74, 6) is 1.35. The van der Waals surface area contributed by atoms with Gasteiger partial charge in [-0.1, -0.05) is 38.1 Å². The van der Waals surface area contributed by atoms with E-state index >= 15 is 0 Å². The molecule has 3 nitrogen and oxygen atoms in total. The van der Waals surface area contributed by atoms with Crippen LogP contribution in [0.3, 0.4) is 0 Å². The number of nitrogens with two attached hydrogens (primary N) is 1. The second kappa shape index (κ2) is 7.77. The van der Waals surface area contributed by atoms with Crippen LogP contribution in [0.5, 0.6) is 0 Å². The topological polar surface area (TPSA) is 46.3 Å². The smallest absolute Gasteiger partial charge is 0.226 e. The molecule has 1 amide bonds. The number of amides is 1. The molecule has 1 aliphatic rings.